The first-order chi connectivity index (χ1) is 11.0. The molecule has 0 amide bonds. The van der Waals surface area contributed by atoms with E-state index in [1.54, 1.807) is 48.5 Å². The lowest BCUT2D eigenvalue weighted by atomic mass is 9.91. The van der Waals surface area contributed by atoms with Crippen LogP contribution in [0.3, 0.4) is 0 Å². The second kappa shape index (κ2) is 6.66. The zero-order valence-electron chi connectivity index (χ0n) is 12.7. The Hall–Kier alpha value is -3.27. The average Bonchev–Trinajstić information content (AvgIpc) is 2.55. The number of hydrogen-bond acceptors (Lipinski definition) is 3. The molecule has 7 nitrogen and oxygen atoms in total. The molecule has 0 spiro atoms. The van der Waals surface area contributed by atoms with Crippen molar-refractivity contribution in [1.82, 2.24) is 0 Å². The van der Waals surface area contributed by atoms with Gasteiger partial charge in [0.2, 0.25) is 5.66 Å². The van der Waals surface area contributed by atoms with Gasteiger partial charge in [-0.05, 0) is 30.5 Å². The zero-order chi connectivity index (χ0) is 16.9. The number of carbonyl (C=O) groups excluding carboxylic acids is 1. The van der Waals surface area contributed by atoms with Crippen LogP contribution in [0.25, 0.3) is 20.9 Å². The summed E-state index contributed by atoms with van der Waals surface area (Å²) in [5.41, 5.74) is 18.4. The Bertz CT molecular complexity index is 795. The third kappa shape index (κ3) is 3.16. The van der Waals surface area contributed by atoms with Crippen molar-refractivity contribution in [3.05, 3.63) is 91.7 Å². The maximum atomic E-state index is 12.9. The largest absolute Gasteiger partial charge is 0.293 e. The third-order valence-electron chi connectivity index (χ3n) is 3.46. The molecule has 0 aromatic heterocycles. The maximum Gasteiger partial charge on any atom is 0.214 e. The van der Waals surface area contributed by atoms with Crippen molar-refractivity contribution in [1.29, 1.82) is 0 Å². The summed E-state index contributed by atoms with van der Waals surface area (Å²) in [6.45, 7) is 3.77. The number of rotatable bonds is 5. The van der Waals surface area contributed by atoms with E-state index in [0.29, 0.717) is 11.1 Å². The summed E-state index contributed by atoms with van der Waals surface area (Å²) in [4.78, 5) is 18.4. The van der Waals surface area contributed by atoms with Gasteiger partial charge < -0.3 is 0 Å². The monoisotopic (exact) mass is 306 g/mol. The highest BCUT2D eigenvalue weighted by Crippen LogP contribution is 2.33. The molecule has 0 aliphatic heterocycles. The summed E-state index contributed by atoms with van der Waals surface area (Å²) in [6.07, 6.45) is 0. The van der Waals surface area contributed by atoms with E-state index in [1.807, 2.05) is 13.8 Å². The minimum Gasteiger partial charge on any atom is -0.293 e. The molecule has 114 valence electrons. The number of Topliss-reactive ketones (excluding diaryl/α,β-unsaturated/α-hetero) is 1. The Morgan fingerprint density at radius 2 is 1.30 bits per heavy atom. The number of aryl methyl sites for hydroxylation is 2. The predicted molar refractivity (Wildman–Crippen MR) is 86.7 cm³/mol. The first-order valence-corrected chi connectivity index (χ1v) is 6.84. The zero-order valence-corrected chi connectivity index (χ0v) is 12.7. The third-order valence-corrected chi connectivity index (χ3v) is 3.46. The van der Waals surface area contributed by atoms with Gasteiger partial charge in [-0.2, -0.15) is 0 Å². The Balaban J connectivity index is 2.68. The van der Waals surface area contributed by atoms with Crippen molar-refractivity contribution in [2.24, 2.45) is 10.2 Å². The quantitative estimate of drug-likeness (QED) is 0.330. The lowest BCUT2D eigenvalue weighted by molar-refractivity contribution is 0.0891. The molecule has 0 N–H and O–H groups in total. The molecular weight excluding hydrogens is 292 g/mol. The molecule has 0 aliphatic rings. The predicted octanol–water partition coefficient (Wildman–Crippen LogP) is 4.96. The minimum atomic E-state index is -1.98. The number of benzene rings is 2. The molecule has 0 aliphatic carbocycles. The van der Waals surface area contributed by atoms with Crippen LogP contribution < -0.4 is 0 Å². The number of nitrogens with zero attached hydrogens (tertiary/aromatic N) is 6. The van der Waals surface area contributed by atoms with Gasteiger partial charge in [-0.15, -0.1) is 0 Å². The molecule has 7 heteroatoms. The van der Waals surface area contributed by atoms with E-state index in [4.69, 9.17) is 11.1 Å². The Kier molecular flexibility index (Phi) is 4.66. The maximum absolute atomic E-state index is 12.9. The van der Waals surface area contributed by atoms with Gasteiger partial charge in [0.1, 0.15) is 0 Å². The van der Waals surface area contributed by atoms with Crippen molar-refractivity contribution in [2.45, 2.75) is 19.5 Å². The van der Waals surface area contributed by atoms with Crippen LogP contribution >= 0.6 is 0 Å². The van der Waals surface area contributed by atoms with Crippen LogP contribution in [0, 0.1) is 13.8 Å². The number of ketones is 1. The topological polar surface area (TPSA) is 115 Å². The van der Waals surface area contributed by atoms with Gasteiger partial charge in [0.05, 0.1) is 0 Å². The van der Waals surface area contributed by atoms with Crippen LogP contribution in [-0.4, -0.2) is 5.78 Å². The van der Waals surface area contributed by atoms with Crippen molar-refractivity contribution >= 4 is 5.78 Å². The second-order valence-corrected chi connectivity index (χ2v) is 5.11. The Labute approximate surface area is 132 Å². The highest BCUT2D eigenvalue weighted by atomic mass is 16.1. The highest BCUT2D eigenvalue weighted by molar-refractivity contribution is 6.03. The van der Waals surface area contributed by atoms with E-state index in [-0.39, 0.29) is 0 Å². The van der Waals surface area contributed by atoms with Gasteiger partial charge in [0.25, 0.3) is 0 Å². The molecule has 0 atom stereocenters. The van der Waals surface area contributed by atoms with E-state index in [2.05, 4.69) is 20.1 Å². The van der Waals surface area contributed by atoms with Crippen molar-refractivity contribution < 1.29 is 4.79 Å². The summed E-state index contributed by atoms with van der Waals surface area (Å²) in [6, 6.07) is 13.5. The van der Waals surface area contributed by atoms with Gasteiger partial charge in [-0.1, -0.05) is 69.9 Å². The second-order valence-electron chi connectivity index (χ2n) is 5.11. The van der Waals surface area contributed by atoms with Crippen molar-refractivity contribution in [3.63, 3.8) is 0 Å². The van der Waals surface area contributed by atoms with Gasteiger partial charge in [0, 0.05) is 15.4 Å². The fourth-order valence-corrected chi connectivity index (χ4v) is 2.18. The van der Waals surface area contributed by atoms with E-state index in [0.717, 1.165) is 11.1 Å². The number of hydrogen-bond donors (Lipinski definition) is 0. The normalized spacial score (nSPS) is 12.4. The molecule has 0 fully saturated rings. The standard InChI is InChI=1S/C16H14N6O/c1-11-3-7-13(8-4-11)15(23)16(19-21-17,20-22-18)14-9-5-12(2)6-10-14/h3-10H,1-2H3. The highest BCUT2D eigenvalue weighted by Gasteiger charge is 2.39. The molecule has 23 heavy (non-hydrogen) atoms. The average molecular weight is 306 g/mol. The minimum absolute atomic E-state index is 0.302. The van der Waals surface area contributed by atoms with Crippen LogP contribution in [0.1, 0.15) is 27.0 Å². The fraction of sp³-hybridized carbons (Fsp3) is 0.188. The van der Waals surface area contributed by atoms with Crippen LogP contribution in [0.15, 0.2) is 58.8 Å². The van der Waals surface area contributed by atoms with Crippen LogP contribution in [0.4, 0.5) is 0 Å². The SMILES string of the molecule is Cc1ccc(C(=O)C(N=[N+]=[N-])(N=[N+]=[N-])c2ccc(C)cc2)cc1. The van der Waals surface area contributed by atoms with Crippen LogP contribution in [-0.2, 0) is 5.66 Å². The van der Waals surface area contributed by atoms with E-state index < -0.39 is 11.4 Å². The van der Waals surface area contributed by atoms with Gasteiger partial charge in [-0.3, -0.25) is 4.79 Å². The van der Waals surface area contributed by atoms with Gasteiger partial charge >= 0.3 is 0 Å². The molecule has 2 aromatic carbocycles. The summed E-state index contributed by atoms with van der Waals surface area (Å²) in [5.74, 6) is -0.572. The molecule has 0 saturated carbocycles. The molecule has 2 aromatic rings. The number of azide groups is 1. The smallest absolute Gasteiger partial charge is 0.214 e. The molecule has 0 heterocycles. The lowest BCUT2D eigenvalue weighted by Crippen LogP contribution is -2.31. The fourth-order valence-electron chi connectivity index (χ4n) is 2.18. The summed E-state index contributed by atoms with van der Waals surface area (Å²) in [5, 5.41) is 7.11. The lowest BCUT2D eigenvalue weighted by Gasteiger charge is -2.22. The summed E-state index contributed by atoms with van der Waals surface area (Å²) < 4.78 is 0. The van der Waals surface area contributed by atoms with E-state index in [1.165, 1.54) is 0 Å². The van der Waals surface area contributed by atoms with E-state index in [9.17, 15) is 4.79 Å². The van der Waals surface area contributed by atoms with Crippen LogP contribution in [0.2, 0.25) is 0 Å². The molecule has 2 rings (SSSR count). The first kappa shape index (κ1) is 16.1. The molecule has 0 unspecified atom stereocenters. The van der Waals surface area contributed by atoms with Crippen molar-refractivity contribution in [2.75, 3.05) is 0 Å². The van der Waals surface area contributed by atoms with Crippen molar-refractivity contribution in [3.8, 4) is 0 Å². The summed E-state index contributed by atoms with van der Waals surface area (Å²) >= 11 is 0. The number of carbonyl (C=O) groups is 1. The molecule has 0 saturated heterocycles. The van der Waals surface area contributed by atoms with Gasteiger partial charge in [0.15, 0.2) is 5.78 Å². The molecular formula is C16H14N6O. The Morgan fingerprint density at radius 3 is 1.74 bits per heavy atom. The summed E-state index contributed by atoms with van der Waals surface area (Å²) in [7, 11) is 0. The van der Waals surface area contributed by atoms with Gasteiger partial charge in [-0.25, -0.2) is 0 Å². The first-order valence-electron chi connectivity index (χ1n) is 6.84. The Morgan fingerprint density at radius 1 is 0.870 bits per heavy atom. The molecule has 0 radical (unpaired) electrons. The van der Waals surface area contributed by atoms with Crippen LogP contribution in [0.5, 0.6) is 0 Å². The van der Waals surface area contributed by atoms with E-state index >= 15 is 0 Å². The molecule has 0 bridgehead atoms.